The number of hydrogen-bond acceptors (Lipinski definition) is 5. The Balaban J connectivity index is 1.55. The van der Waals surface area contributed by atoms with Crippen LogP contribution >= 0.6 is 0 Å². The van der Waals surface area contributed by atoms with E-state index in [2.05, 4.69) is 10.5 Å². The Morgan fingerprint density at radius 2 is 1.97 bits per heavy atom. The van der Waals surface area contributed by atoms with Crippen LogP contribution in [0.1, 0.15) is 37.3 Å². The van der Waals surface area contributed by atoms with Crippen molar-refractivity contribution < 1.29 is 14.5 Å². The number of para-hydroxylation sites is 1. The molecular weight excluding hydrogens is 372 g/mol. The fourth-order valence-electron chi connectivity index (χ4n) is 3.26. The van der Waals surface area contributed by atoms with Gasteiger partial charge in [0.1, 0.15) is 0 Å². The smallest absolute Gasteiger partial charge is 0.270 e. The number of nitrogens with zero attached hydrogens (tertiary/aromatic N) is 3. The number of non-ortho nitro benzene ring substituents is 1. The number of hydrogen-bond donors (Lipinski definition) is 1. The second-order valence-corrected chi connectivity index (χ2v) is 6.82. The number of aryl methyl sites for hydroxylation is 1. The van der Waals surface area contributed by atoms with Crippen molar-refractivity contribution in [2.45, 2.75) is 32.6 Å². The summed E-state index contributed by atoms with van der Waals surface area (Å²) in [6.07, 6.45) is 1.96. The maximum atomic E-state index is 12.6. The average Bonchev–Trinajstić information content (AvgIpc) is 2.75. The molecule has 0 bridgehead atoms. The van der Waals surface area contributed by atoms with Crippen LogP contribution in [0.15, 0.2) is 53.6 Å². The Morgan fingerprint density at radius 1 is 1.17 bits per heavy atom. The van der Waals surface area contributed by atoms with E-state index in [1.54, 1.807) is 24.0 Å². The summed E-state index contributed by atoms with van der Waals surface area (Å²) in [6, 6.07) is 13.8. The molecule has 29 heavy (non-hydrogen) atoms. The van der Waals surface area contributed by atoms with Crippen LogP contribution in [0.4, 0.5) is 11.4 Å². The van der Waals surface area contributed by atoms with Gasteiger partial charge in [0.2, 0.25) is 11.8 Å². The number of hydrazone groups is 1. The molecule has 8 heteroatoms. The van der Waals surface area contributed by atoms with Gasteiger partial charge >= 0.3 is 0 Å². The van der Waals surface area contributed by atoms with Crippen molar-refractivity contribution >= 4 is 28.9 Å². The van der Waals surface area contributed by atoms with Gasteiger partial charge in [0.05, 0.1) is 10.6 Å². The molecule has 0 spiro atoms. The quantitative estimate of drug-likeness (QED) is 0.461. The van der Waals surface area contributed by atoms with E-state index in [-0.39, 0.29) is 30.3 Å². The number of anilines is 1. The zero-order valence-electron chi connectivity index (χ0n) is 16.1. The lowest BCUT2D eigenvalue weighted by Crippen LogP contribution is -2.36. The third kappa shape index (κ3) is 5.04. The van der Waals surface area contributed by atoms with Gasteiger partial charge < -0.3 is 4.90 Å². The standard InChI is InChI=1S/C21H22N4O4/c1-15(17-7-4-9-18(14-17)25(28)29)22-23-20(26)11-12-21(27)24-13-5-8-16-6-2-3-10-19(16)24/h2-4,6-7,9-10,14H,5,8,11-13H2,1H3,(H,23,26)/b22-15+. The number of carbonyl (C=O) groups excluding carboxylic acids is 2. The summed E-state index contributed by atoms with van der Waals surface area (Å²) in [5.41, 5.74) is 5.42. The van der Waals surface area contributed by atoms with E-state index in [9.17, 15) is 19.7 Å². The average molecular weight is 394 g/mol. The number of nitro groups is 1. The lowest BCUT2D eigenvalue weighted by molar-refractivity contribution is -0.384. The number of nitrogens with one attached hydrogen (secondary N) is 1. The van der Waals surface area contributed by atoms with Gasteiger partial charge in [0.15, 0.2) is 0 Å². The van der Waals surface area contributed by atoms with Gasteiger partial charge in [-0.05, 0) is 31.4 Å². The molecule has 150 valence electrons. The van der Waals surface area contributed by atoms with Crippen molar-refractivity contribution in [1.82, 2.24) is 5.43 Å². The van der Waals surface area contributed by atoms with Crippen LogP contribution in [-0.4, -0.2) is 29.0 Å². The van der Waals surface area contributed by atoms with Gasteiger partial charge in [-0.25, -0.2) is 5.43 Å². The Hall–Kier alpha value is -3.55. The maximum Gasteiger partial charge on any atom is 0.270 e. The topological polar surface area (TPSA) is 105 Å². The van der Waals surface area contributed by atoms with E-state index >= 15 is 0 Å². The largest absolute Gasteiger partial charge is 0.312 e. The first-order valence-corrected chi connectivity index (χ1v) is 9.42. The highest BCUT2D eigenvalue weighted by molar-refractivity contribution is 6.00. The first-order chi connectivity index (χ1) is 14.0. The monoisotopic (exact) mass is 394 g/mol. The molecule has 0 aliphatic carbocycles. The summed E-state index contributed by atoms with van der Waals surface area (Å²) in [5.74, 6) is -0.472. The van der Waals surface area contributed by atoms with Crippen LogP contribution in [0.25, 0.3) is 0 Å². The fraction of sp³-hybridized carbons (Fsp3) is 0.286. The lowest BCUT2D eigenvalue weighted by Gasteiger charge is -2.29. The minimum absolute atomic E-state index is 0.0171. The number of benzene rings is 2. The van der Waals surface area contributed by atoms with Crippen LogP contribution in [0.3, 0.4) is 0 Å². The molecule has 0 atom stereocenters. The van der Waals surface area contributed by atoms with Crippen LogP contribution in [0, 0.1) is 10.1 Å². The first kappa shape index (κ1) is 20.2. The number of nitro benzene ring substituents is 1. The number of carbonyl (C=O) groups is 2. The molecule has 0 saturated heterocycles. The molecule has 0 fully saturated rings. The van der Waals surface area contributed by atoms with Crippen molar-refractivity contribution in [2.24, 2.45) is 5.10 Å². The number of rotatable bonds is 6. The molecule has 0 saturated carbocycles. The molecule has 1 N–H and O–H groups in total. The van der Waals surface area contributed by atoms with Crippen LogP contribution < -0.4 is 10.3 Å². The maximum absolute atomic E-state index is 12.6. The third-order valence-corrected chi connectivity index (χ3v) is 4.80. The minimum atomic E-state index is -0.486. The van der Waals surface area contributed by atoms with E-state index in [0.29, 0.717) is 17.8 Å². The van der Waals surface area contributed by atoms with Crippen molar-refractivity contribution in [1.29, 1.82) is 0 Å². The molecule has 2 amide bonds. The van der Waals surface area contributed by atoms with Gasteiger partial charge in [-0.1, -0.05) is 30.3 Å². The summed E-state index contributed by atoms with van der Waals surface area (Å²) in [4.78, 5) is 36.8. The van der Waals surface area contributed by atoms with Crippen molar-refractivity contribution in [3.8, 4) is 0 Å². The summed E-state index contributed by atoms with van der Waals surface area (Å²) in [5, 5.41) is 14.8. The van der Waals surface area contributed by atoms with Crippen LogP contribution in [-0.2, 0) is 16.0 Å². The number of amides is 2. The highest BCUT2D eigenvalue weighted by Gasteiger charge is 2.22. The molecular formula is C21H22N4O4. The zero-order chi connectivity index (χ0) is 20.8. The highest BCUT2D eigenvalue weighted by Crippen LogP contribution is 2.27. The lowest BCUT2D eigenvalue weighted by atomic mass is 10.0. The summed E-state index contributed by atoms with van der Waals surface area (Å²) < 4.78 is 0. The molecule has 8 nitrogen and oxygen atoms in total. The van der Waals surface area contributed by atoms with Gasteiger partial charge in [-0.3, -0.25) is 19.7 Å². The van der Waals surface area contributed by atoms with Crippen molar-refractivity contribution in [3.05, 3.63) is 69.8 Å². The highest BCUT2D eigenvalue weighted by atomic mass is 16.6. The summed E-state index contributed by atoms with van der Waals surface area (Å²) >= 11 is 0. The molecule has 3 rings (SSSR count). The predicted molar refractivity (Wildman–Crippen MR) is 110 cm³/mol. The molecule has 1 heterocycles. The van der Waals surface area contributed by atoms with Gasteiger partial charge in [0, 0.05) is 42.8 Å². The predicted octanol–water partition coefficient (Wildman–Crippen LogP) is 3.19. The molecule has 1 aliphatic heterocycles. The van der Waals surface area contributed by atoms with E-state index in [4.69, 9.17) is 0 Å². The van der Waals surface area contributed by atoms with Crippen LogP contribution in [0.5, 0.6) is 0 Å². The van der Waals surface area contributed by atoms with E-state index < -0.39 is 4.92 Å². The van der Waals surface area contributed by atoms with E-state index in [1.165, 1.54) is 12.1 Å². The summed E-state index contributed by atoms with van der Waals surface area (Å²) in [7, 11) is 0. The number of fused-ring (bicyclic) bond motifs is 1. The molecule has 1 aliphatic rings. The van der Waals surface area contributed by atoms with E-state index in [0.717, 1.165) is 24.1 Å². The Labute approximate surface area is 168 Å². The second kappa shape index (κ2) is 9.09. The van der Waals surface area contributed by atoms with Gasteiger partial charge in [-0.2, -0.15) is 5.10 Å². The molecule has 0 aromatic heterocycles. The van der Waals surface area contributed by atoms with Gasteiger partial charge in [-0.15, -0.1) is 0 Å². The fourth-order valence-corrected chi connectivity index (χ4v) is 3.26. The SMILES string of the molecule is C/C(=N\NC(=O)CCC(=O)N1CCCc2ccccc21)c1cccc([N+](=O)[O-])c1. The van der Waals surface area contributed by atoms with Crippen molar-refractivity contribution in [3.63, 3.8) is 0 Å². The normalized spacial score (nSPS) is 13.6. The van der Waals surface area contributed by atoms with Crippen molar-refractivity contribution in [2.75, 3.05) is 11.4 Å². The first-order valence-electron chi connectivity index (χ1n) is 9.42. The minimum Gasteiger partial charge on any atom is -0.312 e. The Morgan fingerprint density at radius 3 is 2.76 bits per heavy atom. The van der Waals surface area contributed by atoms with Crippen LogP contribution in [0.2, 0.25) is 0 Å². The van der Waals surface area contributed by atoms with E-state index in [1.807, 2.05) is 24.3 Å². The zero-order valence-corrected chi connectivity index (χ0v) is 16.1. The Kier molecular flexibility index (Phi) is 6.33. The summed E-state index contributed by atoms with van der Waals surface area (Å²) in [6.45, 7) is 2.30. The molecule has 0 radical (unpaired) electrons. The third-order valence-electron chi connectivity index (χ3n) is 4.80. The second-order valence-electron chi connectivity index (χ2n) is 6.82. The Bertz CT molecular complexity index is 971. The van der Waals surface area contributed by atoms with Gasteiger partial charge in [0.25, 0.3) is 5.69 Å². The molecule has 2 aromatic rings. The molecule has 0 unspecified atom stereocenters. The molecule has 2 aromatic carbocycles.